The molecule has 1 aromatic carbocycles. The Morgan fingerprint density at radius 2 is 2.08 bits per heavy atom. The molecule has 2 aliphatic rings. The molecule has 2 aromatic rings. The number of rotatable bonds is 2. The summed E-state index contributed by atoms with van der Waals surface area (Å²) in [6.45, 7) is 5.00. The van der Waals surface area contributed by atoms with Gasteiger partial charge in [0.15, 0.2) is 0 Å². The van der Waals surface area contributed by atoms with E-state index in [1.54, 1.807) is 0 Å². The Morgan fingerprint density at radius 3 is 2.96 bits per heavy atom. The van der Waals surface area contributed by atoms with Crippen LogP contribution in [0.25, 0.3) is 10.9 Å². The second kappa shape index (κ2) is 8.04. The maximum Gasteiger partial charge on any atom is 0.113 e. The number of aliphatic hydroxyl groups is 1. The third kappa shape index (κ3) is 3.87. The first kappa shape index (κ1) is 19.5. The van der Waals surface area contributed by atoms with Crippen LogP contribution in [0.2, 0.25) is 0 Å². The monoisotopic (exact) mass is 373 g/mol. The van der Waals surface area contributed by atoms with E-state index in [1.807, 2.05) is 0 Å². The van der Waals surface area contributed by atoms with Crippen molar-refractivity contribution >= 4 is 35.7 Å². The standard InChI is InChI=1S/C17H23N3O2.2ClH/c21-17(10-18-6-8-22-12-17)11-20-7-5-14-13-3-1-2-4-15(13)19-16(14)9-20;;/h1-4,18-19,21H,5-12H2;2*1H. The van der Waals surface area contributed by atoms with Crippen LogP contribution in [0.3, 0.4) is 0 Å². The van der Waals surface area contributed by atoms with Crippen molar-refractivity contribution in [2.24, 2.45) is 0 Å². The van der Waals surface area contributed by atoms with Crippen LogP contribution < -0.4 is 5.32 Å². The summed E-state index contributed by atoms with van der Waals surface area (Å²) in [5.41, 5.74) is 3.15. The smallest absolute Gasteiger partial charge is 0.113 e. The van der Waals surface area contributed by atoms with E-state index in [0.717, 1.165) is 26.1 Å². The molecule has 1 atom stereocenters. The van der Waals surface area contributed by atoms with Crippen molar-refractivity contribution in [3.05, 3.63) is 35.5 Å². The summed E-state index contributed by atoms with van der Waals surface area (Å²) in [5, 5.41) is 15.4. The molecule has 5 nitrogen and oxygen atoms in total. The fourth-order valence-electron chi connectivity index (χ4n) is 3.68. The number of nitrogens with one attached hydrogen (secondary N) is 2. The van der Waals surface area contributed by atoms with Crippen LogP contribution in [0, 0.1) is 0 Å². The number of hydrogen-bond acceptors (Lipinski definition) is 4. The zero-order valence-electron chi connectivity index (χ0n) is 13.6. The molecule has 1 aromatic heterocycles. The predicted molar refractivity (Wildman–Crippen MR) is 100 cm³/mol. The van der Waals surface area contributed by atoms with E-state index >= 15 is 0 Å². The van der Waals surface area contributed by atoms with Crippen molar-refractivity contribution in [3.8, 4) is 0 Å². The van der Waals surface area contributed by atoms with Crippen molar-refractivity contribution in [2.75, 3.05) is 39.4 Å². The molecule has 1 unspecified atom stereocenters. The molecule has 1 saturated heterocycles. The van der Waals surface area contributed by atoms with Gasteiger partial charge in [-0.2, -0.15) is 0 Å². The van der Waals surface area contributed by atoms with Crippen molar-refractivity contribution in [2.45, 2.75) is 18.6 Å². The van der Waals surface area contributed by atoms with Crippen molar-refractivity contribution in [1.82, 2.24) is 15.2 Å². The lowest BCUT2D eigenvalue weighted by molar-refractivity contribution is -0.0511. The van der Waals surface area contributed by atoms with Gasteiger partial charge in [0.1, 0.15) is 5.60 Å². The van der Waals surface area contributed by atoms with Gasteiger partial charge in [0.05, 0.1) is 13.2 Å². The quantitative estimate of drug-likeness (QED) is 0.749. The van der Waals surface area contributed by atoms with Crippen LogP contribution in [0.4, 0.5) is 0 Å². The number of fused-ring (bicyclic) bond motifs is 3. The Bertz CT molecular complexity index is 669. The zero-order chi connectivity index (χ0) is 15.0. The zero-order valence-corrected chi connectivity index (χ0v) is 15.2. The number of para-hydroxylation sites is 1. The number of hydrogen-bond donors (Lipinski definition) is 3. The first-order valence-corrected chi connectivity index (χ1v) is 8.05. The number of H-pyrrole nitrogens is 1. The molecular formula is C17H25Cl2N3O2. The summed E-state index contributed by atoms with van der Waals surface area (Å²) in [5.74, 6) is 0. The van der Waals surface area contributed by atoms with E-state index in [2.05, 4.69) is 39.5 Å². The molecule has 0 bridgehead atoms. The maximum atomic E-state index is 10.8. The molecule has 0 amide bonds. The molecule has 134 valence electrons. The van der Waals surface area contributed by atoms with Crippen molar-refractivity contribution in [3.63, 3.8) is 0 Å². The Morgan fingerprint density at radius 1 is 1.25 bits per heavy atom. The molecule has 24 heavy (non-hydrogen) atoms. The second-order valence-corrected chi connectivity index (χ2v) is 6.54. The SMILES string of the molecule is Cl.Cl.OC1(CN2CCc3c([nH]c4ccccc34)C2)CNCCOC1. The molecule has 0 aliphatic carbocycles. The first-order valence-electron chi connectivity index (χ1n) is 8.05. The lowest BCUT2D eigenvalue weighted by Gasteiger charge is -2.35. The predicted octanol–water partition coefficient (Wildman–Crippen LogP) is 1.72. The Hall–Kier alpha value is -0.820. The first-order chi connectivity index (χ1) is 10.7. The van der Waals surface area contributed by atoms with E-state index in [1.165, 1.54) is 22.2 Å². The maximum absolute atomic E-state index is 10.8. The molecule has 0 saturated carbocycles. The molecule has 3 N–H and O–H groups in total. The number of nitrogens with zero attached hydrogens (tertiary/aromatic N) is 1. The average molecular weight is 374 g/mol. The van der Waals surface area contributed by atoms with Gasteiger partial charge in [0.2, 0.25) is 0 Å². The van der Waals surface area contributed by atoms with Crippen LogP contribution >= 0.6 is 24.8 Å². The van der Waals surface area contributed by atoms with Gasteiger partial charge in [0.25, 0.3) is 0 Å². The van der Waals surface area contributed by atoms with Gasteiger partial charge in [-0.05, 0) is 18.1 Å². The lowest BCUT2D eigenvalue weighted by atomic mass is 10.00. The van der Waals surface area contributed by atoms with Gasteiger partial charge in [-0.1, -0.05) is 18.2 Å². The number of aromatic nitrogens is 1. The number of β-amino-alcohol motifs (C(OH)–C–C–N with tert-alkyl or cyclic N) is 1. The van der Waals surface area contributed by atoms with Gasteiger partial charge in [-0.15, -0.1) is 24.8 Å². The van der Waals surface area contributed by atoms with Gasteiger partial charge in [-0.25, -0.2) is 0 Å². The van der Waals surface area contributed by atoms with Gasteiger partial charge in [-0.3, -0.25) is 4.90 Å². The van der Waals surface area contributed by atoms with Crippen LogP contribution in [-0.4, -0.2) is 60.0 Å². The van der Waals surface area contributed by atoms with Gasteiger partial charge >= 0.3 is 0 Å². The van der Waals surface area contributed by atoms with E-state index in [4.69, 9.17) is 4.74 Å². The Labute approximate surface area is 154 Å². The fraction of sp³-hybridized carbons (Fsp3) is 0.529. The molecule has 0 spiro atoms. The Balaban J connectivity index is 0.00000104. The minimum absolute atomic E-state index is 0. The second-order valence-electron chi connectivity index (χ2n) is 6.54. The minimum atomic E-state index is -0.792. The number of halogens is 2. The summed E-state index contributed by atoms with van der Waals surface area (Å²) in [4.78, 5) is 5.87. The number of aromatic amines is 1. The van der Waals surface area contributed by atoms with E-state index < -0.39 is 5.60 Å². The highest BCUT2D eigenvalue weighted by Crippen LogP contribution is 2.28. The molecular weight excluding hydrogens is 349 g/mol. The lowest BCUT2D eigenvalue weighted by Crippen LogP contribution is -2.52. The third-order valence-corrected chi connectivity index (χ3v) is 4.73. The summed E-state index contributed by atoms with van der Waals surface area (Å²) in [7, 11) is 0. The van der Waals surface area contributed by atoms with Crippen LogP contribution in [0.5, 0.6) is 0 Å². The molecule has 4 rings (SSSR count). The van der Waals surface area contributed by atoms with Gasteiger partial charge in [0, 0.05) is 49.3 Å². The summed E-state index contributed by atoms with van der Waals surface area (Å²) in [6.07, 6.45) is 1.03. The highest BCUT2D eigenvalue weighted by molar-refractivity contribution is 5.86. The topological polar surface area (TPSA) is 60.5 Å². The summed E-state index contributed by atoms with van der Waals surface area (Å²) < 4.78 is 5.52. The van der Waals surface area contributed by atoms with Crippen LogP contribution in [-0.2, 0) is 17.7 Å². The molecule has 3 heterocycles. The molecule has 2 aliphatic heterocycles. The molecule has 0 radical (unpaired) electrons. The highest BCUT2D eigenvalue weighted by atomic mass is 35.5. The highest BCUT2D eigenvalue weighted by Gasteiger charge is 2.33. The number of ether oxygens (including phenoxy) is 1. The normalized spacial score (nSPS) is 24.5. The van der Waals surface area contributed by atoms with Crippen molar-refractivity contribution < 1.29 is 9.84 Å². The summed E-state index contributed by atoms with van der Waals surface area (Å²) in [6, 6.07) is 8.49. The molecule has 7 heteroatoms. The third-order valence-electron chi connectivity index (χ3n) is 4.73. The van der Waals surface area contributed by atoms with E-state index in [9.17, 15) is 5.11 Å². The molecule has 1 fully saturated rings. The number of benzene rings is 1. The van der Waals surface area contributed by atoms with Gasteiger partial charge < -0.3 is 20.1 Å². The largest absolute Gasteiger partial charge is 0.385 e. The average Bonchev–Trinajstić information content (AvgIpc) is 2.74. The minimum Gasteiger partial charge on any atom is -0.385 e. The summed E-state index contributed by atoms with van der Waals surface area (Å²) >= 11 is 0. The van der Waals surface area contributed by atoms with Crippen molar-refractivity contribution in [1.29, 1.82) is 0 Å². The Kier molecular flexibility index (Phi) is 6.53. The van der Waals surface area contributed by atoms with E-state index in [0.29, 0.717) is 26.3 Å². The van der Waals surface area contributed by atoms with Crippen LogP contribution in [0.15, 0.2) is 24.3 Å². The van der Waals surface area contributed by atoms with Crippen LogP contribution in [0.1, 0.15) is 11.3 Å². The van der Waals surface area contributed by atoms with E-state index in [-0.39, 0.29) is 24.8 Å². The fourth-order valence-corrected chi connectivity index (χ4v) is 3.68.